The Labute approximate surface area is 116 Å². The van der Waals surface area contributed by atoms with Gasteiger partial charge in [0.05, 0.1) is 5.69 Å². The van der Waals surface area contributed by atoms with Crippen LogP contribution in [0.2, 0.25) is 0 Å². The fraction of sp³-hybridized carbons (Fsp3) is 0.625. The van der Waals surface area contributed by atoms with Crippen LogP contribution in [0.4, 0.5) is 10.1 Å². The predicted octanol–water partition coefficient (Wildman–Crippen LogP) is 3.67. The summed E-state index contributed by atoms with van der Waals surface area (Å²) >= 11 is 0. The molecule has 1 aliphatic rings. The third kappa shape index (κ3) is 3.69. The Morgan fingerprint density at radius 2 is 2.26 bits per heavy atom. The highest BCUT2D eigenvalue weighted by molar-refractivity contribution is 5.47. The van der Waals surface area contributed by atoms with Crippen LogP contribution in [-0.4, -0.2) is 30.6 Å². The molecule has 106 valence electrons. The molecule has 0 aliphatic carbocycles. The number of aryl methyl sites for hydroxylation is 1. The van der Waals surface area contributed by atoms with Crippen molar-refractivity contribution in [2.75, 3.05) is 25.0 Å². The molecule has 1 fully saturated rings. The van der Waals surface area contributed by atoms with E-state index < -0.39 is 0 Å². The SMILES string of the molecule is CCN1CCCC(C(C)Nc2cc(C)ccc2F)C1. The Bertz CT molecular complexity index is 419. The van der Waals surface area contributed by atoms with Crippen LogP contribution in [0.15, 0.2) is 18.2 Å². The van der Waals surface area contributed by atoms with E-state index in [1.54, 1.807) is 6.07 Å². The fourth-order valence-electron chi connectivity index (χ4n) is 2.90. The summed E-state index contributed by atoms with van der Waals surface area (Å²) in [4.78, 5) is 2.49. The summed E-state index contributed by atoms with van der Waals surface area (Å²) in [5.74, 6) is 0.453. The monoisotopic (exact) mass is 264 g/mol. The molecule has 2 nitrogen and oxygen atoms in total. The second-order valence-corrected chi connectivity index (χ2v) is 5.71. The first kappa shape index (κ1) is 14.3. The van der Waals surface area contributed by atoms with Crippen LogP contribution in [0, 0.1) is 18.7 Å². The molecule has 1 saturated heterocycles. The predicted molar refractivity (Wildman–Crippen MR) is 79.1 cm³/mol. The van der Waals surface area contributed by atoms with Crippen molar-refractivity contribution in [1.29, 1.82) is 0 Å². The maximum absolute atomic E-state index is 13.8. The van der Waals surface area contributed by atoms with E-state index in [9.17, 15) is 4.39 Å². The normalized spacial score (nSPS) is 22.2. The van der Waals surface area contributed by atoms with Gasteiger partial charge in [-0.15, -0.1) is 0 Å². The van der Waals surface area contributed by atoms with Crippen molar-refractivity contribution in [3.05, 3.63) is 29.6 Å². The molecule has 2 rings (SSSR count). The average Bonchev–Trinajstić information content (AvgIpc) is 2.43. The van der Waals surface area contributed by atoms with Crippen LogP contribution in [0.25, 0.3) is 0 Å². The summed E-state index contributed by atoms with van der Waals surface area (Å²) in [5, 5.41) is 3.36. The summed E-state index contributed by atoms with van der Waals surface area (Å²) in [6.45, 7) is 9.82. The number of likely N-dealkylation sites (tertiary alicyclic amines) is 1. The molecule has 0 amide bonds. The molecular weight excluding hydrogens is 239 g/mol. The second kappa shape index (κ2) is 6.38. The van der Waals surface area contributed by atoms with Crippen LogP contribution in [0.1, 0.15) is 32.3 Å². The van der Waals surface area contributed by atoms with Crippen molar-refractivity contribution in [3.63, 3.8) is 0 Å². The lowest BCUT2D eigenvalue weighted by molar-refractivity contribution is 0.172. The molecule has 1 aromatic carbocycles. The summed E-state index contributed by atoms with van der Waals surface area (Å²) in [7, 11) is 0. The second-order valence-electron chi connectivity index (χ2n) is 5.71. The minimum absolute atomic E-state index is 0.152. The first-order valence-electron chi connectivity index (χ1n) is 7.35. The third-order valence-corrected chi connectivity index (χ3v) is 4.20. The summed E-state index contributed by atoms with van der Waals surface area (Å²) in [5.41, 5.74) is 1.73. The molecule has 1 aromatic rings. The summed E-state index contributed by atoms with van der Waals surface area (Å²) in [6, 6.07) is 5.56. The van der Waals surface area contributed by atoms with Gasteiger partial charge in [-0.3, -0.25) is 0 Å². The van der Waals surface area contributed by atoms with Crippen LogP contribution < -0.4 is 5.32 Å². The minimum Gasteiger partial charge on any atom is -0.380 e. The Morgan fingerprint density at radius 1 is 1.47 bits per heavy atom. The number of hydrogen-bond acceptors (Lipinski definition) is 2. The van der Waals surface area contributed by atoms with Gasteiger partial charge in [0.15, 0.2) is 0 Å². The van der Waals surface area contributed by atoms with Gasteiger partial charge < -0.3 is 10.2 Å². The quantitative estimate of drug-likeness (QED) is 0.892. The standard InChI is InChI=1S/C16H25FN2/c1-4-19-9-5-6-14(11-19)13(3)18-16-10-12(2)7-8-15(16)17/h7-8,10,13-14,18H,4-6,9,11H2,1-3H3. The molecule has 19 heavy (non-hydrogen) atoms. The van der Waals surface area contributed by atoms with Crippen LogP contribution in [0.3, 0.4) is 0 Å². The number of anilines is 1. The lowest BCUT2D eigenvalue weighted by Crippen LogP contribution is -2.41. The van der Waals surface area contributed by atoms with E-state index in [4.69, 9.17) is 0 Å². The molecule has 1 heterocycles. The molecule has 2 unspecified atom stereocenters. The number of benzene rings is 1. The Kier molecular flexibility index (Phi) is 4.81. The van der Waals surface area contributed by atoms with Gasteiger partial charge in [0, 0.05) is 12.6 Å². The van der Waals surface area contributed by atoms with Crippen molar-refractivity contribution in [3.8, 4) is 0 Å². The molecule has 1 aliphatic heterocycles. The van der Waals surface area contributed by atoms with Crippen molar-refractivity contribution >= 4 is 5.69 Å². The first-order valence-corrected chi connectivity index (χ1v) is 7.35. The van der Waals surface area contributed by atoms with Gasteiger partial charge in [0.1, 0.15) is 5.82 Å². The van der Waals surface area contributed by atoms with E-state index in [2.05, 4.69) is 24.1 Å². The van der Waals surface area contributed by atoms with Crippen molar-refractivity contribution < 1.29 is 4.39 Å². The zero-order chi connectivity index (χ0) is 13.8. The molecule has 1 N–H and O–H groups in total. The maximum atomic E-state index is 13.8. The highest BCUT2D eigenvalue weighted by Crippen LogP contribution is 2.24. The van der Waals surface area contributed by atoms with E-state index in [1.165, 1.54) is 19.4 Å². The minimum atomic E-state index is -0.152. The number of nitrogens with one attached hydrogen (secondary N) is 1. The number of rotatable bonds is 4. The van der Waals surface area contributed by atoms with Gasteiger partial charge in [-0.2, -0.15) is 0 Å². The Morgan fingerprint density at radius 3 is 3.00 bits per heavy atom. The average molecular weight is 264 g/mol. The van der Waals surface area contributed by atoms with Crippen LogP contribution >= 0.6 is 0 Å². The molecule has 0 spiro atoms. The van der Waals surface area contributed by atoms with E-state index in [0.717, 1.165) is 18.7 Å². The zero-order valence-corrected chi connectivity index (χ0v) is 12.2. The van der Waals surface area contributed by atoms with Gasteiger partial charge in [0.2, 0.25) is 0 Å². The Balaban J connectivity index is 2.00. The highest BCUT2D eigenvalue weighted by Gasteiger charge is 2.24. The van der Waals surface area contributed by atoms with E-state index in [1.807, 2.05) is 19.1 Å². The zero-order valence-electron chi connectivity index (χ0n) is 12.2. The van der Waals surface area contributed by atoms with Crippen molar-refractivity contribution in [1.82, 2.24) is 4.90 Å². The van der Waals surface area contributed by atoms with Gasteiger partial charge in [-0.05, 0) is 63.4 Å². The lowest BCUT2D eigenvalue weighted by Gasteiger charge is -2.35. The number of hydrogen-bond donors (Lipinski definition) is 1. The highest BCUT2D eigenvalue weighted by atomic mass is 19.1. The van der Waals surface area contributed by atoms with Gasteiger partial charge in [-0.1, -0.05) is 13.0 Å². The maximum Gasteiger partial charge on any atom is 0.146 e. The number of halogens is 1. The van der Waals surface area contributed by atoms with E-state index >= 15 is 0 Å². The molecule has 0 aromatic heterocycles. The molecule has 0 bridgehead atoms. The molecule has 3 heteroatoms. The molecular formula is C16H25FN2. The van der Waals surface area contributed by atoms with Gasteiger partial charge in [-0.25, -0.2) is 4.39 Å². The van der Waals surface area contributed by atoms with Crippen LogP contribution in [0.5, 0.6) is 0 Å². The Hall–Kier alpha value is -1.09. The number of nitrogens with zero attached hydrogens (tertiary/aromatic N) is 1. The van der Waals surface area contributed by atoms with Gasteiger partial charge in [0.25, 0.3) is 0 Å². The summed E-state index contributed by atoms with van der Waals surface area (Å²) in [6.07, 6.45) is 2.49. The topological polar surface area (TPSA) is 15.3 Å². The van der Waals surface area contributed by atoms with Crippen LogP contribution in [-0.2, 0) is 0 Å². The largest absolute Gasteiger partial charge is 0.380 e. The summed E-state index contributed by atoms with van der Waals surface area (Å²) < 4.78 is 13.8. The fourth-order valence-corrected chi connectivity index (χ4v) is 2.90. The lowest BCUT2D eigenvalue weighted by atomic mass is 9.91. The van der Waals surface area contributed by atoms with Gasteiger partial charge >= 0.3 is 0 Å². The molecule has 0 saturated carbocycles. The smallest absolute Gasteiger partial charge is 0.146 e. The first-order chi connectivity index (χ1) is 9.10. The number of piperidine rings is 1. The van der Waals surface area contributed by atoms with E-state index in [0.29, 0.717) is 17.6 Å². The molecule has 0 radical (unpaired) electrons. The van der Waals surface area contributed by atoms with Crippen molar-refractivity contribution in [2.24, 2.45) is 5.92 Å². The third-order valence-electron chi connectivity index (χ3n) is 4.20. The van der Waals surface area contributed by atoms with E-state index in [-0.39, 0.29) is 5.82 Å². The van der Waals surface area contributed by atoms with Crippen molar-refractivity contribution in [2.45, 2.75) is 39.7 Å². The molecule has 2 atom stereocenters.